The van der Waals surface area contributed by atoms with E-state index in [-0.39, 0.29) is 5.88 Å². The van der Waals surface area contributed by atoms with Crippen molar-refractivity contribution in [1.82, 2.24) is 29.7 Å². The lowest BCUT2D eigenvalue weighted by molar-refractivity contribution is 0.430. The van der Waals surface area contributed by atoms with Gasteiger partial charge in [-0.15, -0.1) is 22.7 Å². The highest BCUT2D eigenvalue weighted by Gasteiger charge is 2.17. The third kappa shape index (κ3) is 4.06. The number of hydrogen-bond acceptors (Lipinski definition) is 11. The maximum Gasteiger partial charge on any atom is 0.232 e. The minimum atomic E-state index is -0.0688. The number of thiazole rings is 2. The Morgan fingerprint density at radius 3 is 2.47 bits per heavy atom. The second kappa shape index (κ2) is 8.56. The van der Waals surface area contributed by atoms with E-state index in [1.54, 1.807) is 25.5 Å². The number of anilines is 2. The van der Waals surface area contributed by atoms with Crippen molar-refractivity contribution in [3.05, 3.63) is 58.2 Å². The van der Waals surface area contributed by atoms with E-state index in [0.717, 1.165) is 16.2 Å². The number of H-pyrrole nitrogens is 1. The molecule has 160 valence electrons. The third-order valence-corrected chi connectivity index (χ3v) is 5.72. The molecule has 0 unspecified atom stereocenters. The van der Waals surface area contributed by atoms with Crippen LogP contribution in [0.2, 0.25) is 0 Å². The van der Waals surface area contributed by atoms with E-state index in [2.05, 4.69) is 46.1 Å². The summed E-state index contributed by atoms with van der Waals surface area (Å²) < 4.78 is 1.35. The van der Waals surface area contributed by atoms with Crippen molar-refractivity contribution in [3.8, 4) is 11.8 Å². The summed E-state index contributed by atoms with van der Waals surface area (Å²) in [5.74, 6) is 0.323. The number of hydrogen-bond donors (Lipinski definition) is 4. The van der Waals surface area contributed by atoms with Gasteiger partial charge in [0.1, 0.15) is 0 Å². The maximum atomic E-state index is 10.7. The first kappa shape index (κ1) is 19.8. The van der Waals surface area contributed by atoms with E-state index >= 15 is 0 Å². The van der Waals surface area contributed by atoms with E-state index in [0.29, 0.717) is 27.9 Å². The molecule has 1 aromatic carbocycles. The standard InChI is InChI=1S/C19H16N10OS2/c1-11-13(10-23-27-19-21-5-7-32-19)16(30)29(28-11)17-24-14-3-2-12(8-15(14)25-17)9-22-26-18-20-4-6-31-18/h2-10,30H,1H3,(H,20,26)(H,21,27)(H,24,25)/b22-9+,23-10+. The van der Waals surface area contributed by atoms with Gasteiger partial charge in [0.15, 0.2) is 0 Å². The fraction of sp³-hybridized carbons (Fsp3) is 0.0526. The van der Waals surface area contributed by atoms with Gasteiger partial charge in [-0.3, -0.25) is 10.9 Å². The molecule has 0 amide bonds. The number of aromatic hydroxyl groups is 1. The molecule has 11 nitrogen and oxygen atoms in total. The predicted molar refractivity (Wildman–Crippen MR) is 126 cm³/mol. The second-order valence-electron chi connectivity index (χ2n) is 6.49. The molecular weight excluding hydrogens is 448 g/mol. The highest BCUT2D eigenvalue weighted by molar-refractivity contribution is 7.13. The molecule has 32 heavy (non-hydrogen) atoms. The smallest absolute Gasteiger partial charge is 0.232 e. The van der Waals surface area contributed by atoms with E-state index in [4.69, 9.17) is 0 Å². The topological polar surface area (TPSA) is 141 Å². The van der Waals surface area contributed by atoms with Crippen LogP contribution in [0.1, 0.15) is 16.8 Å². The number of aromatic amines is 1. The molecule has 13 heteroatoms. The first-order chi connectivity index (χ1) is 15.7. The van der Waals surface area contributed by atoms with Crippen LogP contribution >= 0.6 is 22.7 Å². The molecule has 4 N–H and O–H groups in total. The first-order valence-corrected chi connectivity index (χ1v) is 11.1. The van der Waals surface area contributed by atoms with Crippen molar-refractivity contribution in [2.24, 2.45) is 10.2 Å². The van der Waals surface area contributed by atoms with Gasteiger partial charge in [-0.2, -0.15) is 20.0 Å². The Labute approximate surface area is 189 Å². The Balaban J connectivity index is 1.37. The Bertz CT molecular complexity index is 1400. The Morgan fingerprint density at radius 1 is 1.06 bits per heavy atom. The summed E-state index contributed by atoms with van der Waals surface area (Å²) in [6.07, 6.45) is 6.58. The van der Waals surface area contributed by atoms with E-state index < -0.39 is 0 Å². The number of aromatic nitrogens is 6. The van der Waals surface area contributed by atoms with Crippen LogP contribution < -0.4 is 10.9 Å². The monoisotopic (exact) mass is 464 g/mol. The molecule has 0 aliphatic rings. The molecule has 5 rings (SSSR count). The number of aryl methyl sites for hydroxylation is 1. The Morgan fingerprint density at radius 2 is 1.78 bits per heavy atom. The van der Waals surface area contributed by atoms with Crippen LogP contribution in [0.25, 0.3) is 17.0 Å². The van der Waals surface area contributed by atoms with Crippen molar-refractivity contribution in [1.29, 1.82) is 0 Å². The van der Waals surface area contributed by atoms with Gasteiger partial charge < -0.3 is 10.1 Å². The third-order valence-electron chi connectivity index (χ3n) is 4.37. The van der Waals surface area contributed by atoms with Crippen LogP contribution in [0.4, 0.5) is 10.3 Å². The van der Waals surface area contributed by atoms with Crippen LogP contribution in [-0.2, 0) is 0 Å². The minimum Gasteiger partial charge on any atom is -0.493 e. The highest BCUT2D eigenvalue weighted by atomic mass is 32.1. The van der Waals surface area contributed by atoms with Gasteiger partial charge in [0.25, 0.3) is 0 Å². The van der Waals surface area contributed by atoms with Crippen molar-refractivity contribution < 1.29 is 5.11 Å². The van der Waals surface area contributed by atoms with Gasteiger partial charge in [-0.25, -0.2) is 15.0 Å². The molecule has 0 aliphatic carbocycles. The fourth-order valence-electron chi connectivity index (χ4n) is 2.89. The van der Waals surface area contributed by atoms with Crippen LogP contribution in [0.5, 0.6) is 5.88 Å². The molecule has 5 aromatic rings. The largest absolute Gasteiger partial charge is 0.493 e. The number of rotatable bonds is 7. The van der Waals surface area contributed by atoms with Gasteiger partial charge >= 0.3 is 0 Å². The summed E-state index contributed by atoms with van der Waals surface area (Å²) in [5.41, 5.74) is 9.16. The molecule has 0 atom stereocenters. The van der Waals surface area contributed by atoms with E-state index in [1.165, 1.54) is 33.6 Å². The Kier molecular flexibility index (Phi) is 5.31. The van der Waals surface area contributed by atoms with Crippen LogP contribution in [0.3, 0.4) is 0 Å². The summed E-state index contributed by atoms with van der Waals surface area (Å²) in [7, 11) is 0. The van der Waals surface area contributed by atoms with Crippen molar-refractivity contribution in [3.63, 3.8) is 0 Å². The molecule has 0 aliphatic heterocycles. The van der Waals surface area contributed by atoms with Crippen molar-refractivity contribution >= 4 is 56.4 Å². The van der Waals surface area contributed by atoms with E-state index in [1.807, 2.05) is 29.0 Å². The number of benzene rings is 1. The van der Waals surface area contributed by atoms with Crippen LogP contribution in [-0.4, -0.2) is 47.3 Å². The second-order valence-corrected chi connectivity index (χ2v) is 8.28. The zero-order valence-corrected chi connectivity index (χ0v) is 18.2. The summed E-state index contributed by atoms with van der Waals surface area (Å²) >= 11 is 2.89. The van der Waals surface area contributed by atoms with E-state index in [9.17, 15) is 5.11 Å². The predicted octanol–water partition coefficient (Wildman–Crippen LogP) is 3.57. The van der Waals surface area contributed by atoms with Crippen LogP contribution in [0.15, 0.2) is 51.6 Å². The summed E-state index contributed by atoms with van der Waals surface area (Å²) in [4.78, 5) is 15.9. The van der Waals surface area contributed by atoms with Gasteiger partial charge in [0, 0.05) is 23.2 Å². The zero-order chi connectivity index (χ0) is 21.9. The maximum absolute atomic E-state index is 10.7. The molecule has 0 spiro atoms. The molecule has 0 radical (unpaired) electrons. The zero-order valence-electron chi connectivity index (χ0n) is 16.6. The molecule has 0 bridgehead atoms. The lowest BCUT2D eigenvalue weighted by Gasteiger charge is -1.97. The van der Waals surface area contributed by atoms with Gasteiger partial charge in [0.2, 0.25) is 22.1 Å². The van der Waals surface area contributed by atoms with Crippen molar-refractivity contribution in [2.45, 2.75) is 6.92 Å². The summed E-state index contributed by atoms with van der Waals surface area (Å²) in [6, 6.07) is 5.69. The minimum absolute atomic E-state index is 0.0688. The van der Waals surface area contributed by atoms with Gasteiger partial charge in [0.05, 0.1) is 34.7 Å². The normalized spacial score (nSPS) is 11.8. The molecule has 4 heterocycles. The van der Waals surface area contributed by atoms with Gasteiger partial charge in [-0.05, 0) is 24.6 Å². The molecule has 0 saturated heterocycles. The van der Waals surface area contributed by atoms with Gasteiger partial charge in [-0.1, -0.05) is 6.07 Å². The number of hydrazone groups is 2. The Hall–Kier alpha value is -4.10. The number of imidazole rings is 1. The lowest BCUT2D eigenvalue weighted by Crippen LogP contribution is -1.98. The molecular formula is C19H16N10OS2. The fourth-order valence-corrected chi connectivity index (χ4v) is 3.84. The first-order valence-electron chi connectivity index (χ1n) is 9.33. The average Bonchev–Trinajstić information content (AvgIpc) is 3.58. The molecule has 4 aromatic heterocycles. The number of fused-ring (bicyclic) bond motifs is 1. The molecule has 0 fully saturated rings. The SMILES string of the molecule is Cc1nn(-c2nc3cc(/C=N/Nc4nccs4)ccc3[nH]2)c(O)c1/C=N/Nc1nccs1. The van der Waals surface area contributed by atoms with Crippen LogP contribution in [0, 0.1) is 6.92 Å². The van der Waals surface area contributed by atoms with Crippen molar-refractivity contribution in [2.75, 3.05) is 10.9 Å². The summed E-state index contributed by atoms with van der Waals surface area (Å²) in [6.45, 7) is 1.79. The number of nitrogens with one attached hydrogen (secondary N) is 3. The quantitative estimate of drug-likeness (QED) is 0.213. The number of nitrogens with zero attached hydrogens (tertiary/aromatic N) is 7. The summed E-state index contributed by atoms with van der Waals surface area (Å²) in [5, 5.41) is 28.5. The highest BCUT2D eigenvalue weighted by Crippen LogP contribution is 2.24. The average molecular weight is 465 g/mol. The lowest BCUT2D eigenvalue weighted by atomic mass is 10.2. The molecule has 0 saturated carbocycles.